The van der Waals surface area contributed by atoms with E-state index in [1.54, 1.807) is 0 Å². The van der Waals surface area contributed by atoms with Crippen molar-refractivity contribution in [1.82, 2.24) is 0 Å². The van der Waals surface area contributed by atoms with Gasteiger partial charge in [0.1, 0.15) is 0 Å². The summed E-state index contributed by atoms with van der Waals surface area (Å²) in [4.78, 5) is 0. The summed E-state index contributed by atoms with van der Waals surface area (Å²) in [6, 6.07) is 2.44. The Morgan fingerprint density at radius 3 is 2.05 bits per heavy atom. The number of rotatable bonds is 3. The van der Waals surface area contributed by atoms with Gasteiger partial charge in [0.25, 0.3) is 0 Å². The minimum atomic E-state index is -1.73. The van der Waals surface area contributed by atoms with Crippen molar-refractivity contribution in [3.63, 3.8) is 0 Å². The first-order valence-corrected chi connectivity index (χ1v) is 6.69. The van der Waals surface area contributed by atoms with Crippen LogP contribution in [0.15, 0.2) is 12.1 Å². The van der Waals surface area contributed by atoms with E-state index in [2.05, 4.69) is 4.74 Å². The first-order chi connectivity index (χ1) is 9.55. The molecule has 1 aliphatic rings. The SMILES string of the molecule is CC(F)Oc1ccc(B2OC(C)(C)C(C)(C)O2)c(F)c1F. The molecule has 0 bridgehead atoms. The standard InChI is InChI=1S/C14H18BF3O3/c1-8(16)19-10-7-6-9(11(17)12(10)18)15-20-13(2,3)14(4,5)21-15/h6-8H,1-5H3. The maximum absolute atomic E-state index is 14.1. The number of ether oxygens (including phenoxy) is 1. The Bertz CT molecular complexity index is 531. The number of benzene rings is 1. The average Bonchev–Trinajstić information content (AvgIpc) is 2.54. The molecule has 0 aliphatic carbocycles. The molecule has 0 spiro atoms. The largest absolute Gasteiger partial charge is 0.497 e. The molecule has 2 rings (SSSR count). The lowest BCUT2D eigenvalue weighted by molar-refractivity contribution is 0.00578. The summed E-state index contributed by atoms with van der Waals surface area (Å²) in [5, 5.41) is 0. The fraction of sp³-hybridized carbons (Fsp3) is 0.571. The molecule has 1 atom stereocenters. The molecule has 0 saturated carbocycles. The summed E-state index contributed by atoms with van der Waals surface area (Å²) in [7, 11) is -1.03. The van der Waals surface area contributed by atoms with Gasteiger partial charge >= 0.3 is 7.12 Å². The number of hydrogen-bond donors (Lipinski definition) is 0. The maximum Gasteiger partial charge on any atom is 0.497 e. The molecule has 1 fully saturated rings. The minimum absolute atomic E-state index is 0.0787. The Morgan fingerprint density at radius 2 is 1.57 bits per heavy atom. The number of halogens is 3. The van der Waals surface area contributed by atoms with Gasteiger partial charge in [-0.3, -0.25) is 0 Å². The Labute approximate surface area is 122 Å². The van der Waals surface area contributed by atoms with Crippen LogP contribution < -0.4 is 10.2 Å². The molecule has 21 heavy (non-hydrogen) atoms. The lowest BCUT2D eigenvalue weighted by Gasteiger charge is -2.32. The van der Waals surface area contributed by atoms with E-state index >= 15 is 0 Å². The number of alkyl halides is 1. The molecule has 1 unspecified atom stereocenters. The Kier molecular flexibility index (Phi) is 4.01. The molecule has 7 heteroatoms. The van der Waals surface area contributed by atoms with E-state index in [1.165, 1.54) is 6.07 Å². The molecule has 1 aliphatic heterocycles. The fourth-order valence-electron chi connectivity index (χ4n) is 1.96. The van der Waals surface area contributed by atoms with Gasteiger partial charge in [0.15, 0.2) is 17.4 Å². The zero-order chi connectivity index (χ0) is 16.0. The van der Waals surface area contributed by atoms with Crippen LogP contribution in [0.3, 0.4) is 0 Å². The van der Waals surface area contributed by atoms with Gasteiger partial charge in [-0.2, -0.15) is 4.39 Å². The maximum atomic E-state index is 14.1. The van der Waals surface area contributed by atoms with Crippen molar-refractivity contribution in [3.05, 3.63) is 23.8 Å². The first kappa shape index (κ1) is 16.2. The van der Waals surface area contributed by atoms with Crippen molar-refractivity contribution >= 4 is 12.6 Å². The Morgan fingerprint density at radius 1 is 1.05 bits per heavy atom. The monoisotopic (exact) mass is 302 g/mol. The molecule has 0 radical (unpaired) electrons. The molecule has 1 heterocycles. The van der Waals surface area contributed by atoms with Crippen molar-refractivity contribution in [3.8, 4) is 5.75 Å². The van der Waals surface area contributed by atoms with E-state index in [0.29, 0.717) is 0 Å². The summed E-state index contributed by atoms with van der Waals surface area (Å²) >= 11 is 0. The predicted octanol–water partition coefficient (Wildman–Crippen LogP) is 2.96. The van der Waals surface area contributed by atoms with Gasteiger partial charge in [-0.05, 0) is 33.8 Å². The van der Waals surface area contributed by atoms with Crippen molar-refractivity contribution in [2.75, 3.05) is 0 Å². The minimum Gasteiger partial charge on any atom is -0.458 e. The highest BCUT2D eigenvalue weighted by Gasteiger charge is 2.52. The van der Waals surface area contributed by atoms with Crippen LogP contribution >= 0.6 is 0 Å². The summed E-state index contributed by atoms with van der Waals surface area (Å²) in [5.41, 5.74) is -1.41. The first-order valence-electron chi connectivity index (χ1n) is 6.69. The van der Waals surface area contributed by atoms with E-state index < -0.39 is 42.1 Å². The zero-order valence-corrected chi connectivity index (χ0v) is 12.7. The Balaban J connectivity index is 2.33. The van der Waals surface area contributed by atoms with E-state index in [1.807, 2.05) is 27.7 Å². The van der Waals surface area contributed by atoms with Gasteiger partial charge < -0.3 is 14.0 Å². The third kappa shape index (κ3) is 2.89. The van der Waals surface area contributed by atoms with Crippen LogP contribution in [0.1, 0.15) is 34.6 Å². The highest BCUT2D eigenvalue weighted by atomic mass is 19.2. The highest BCUT2D eigenvalue weighted by Crippen LogP contribution is 2.37. The highest BCUT2D eigenvalue weighted by molar-refractivity contribution is 6.62. The van der Waals surface area contributed by atoms with Gasteiger partial charge in [0.2, 0.25) is 6.36 Å². The third-order valence-corrected chi connectivity index (χ3v) is 3.87. The zero-order valence-electron chi connectivity index (χ0n) is 12.7. The van der Waals surface area contributed by atoms with Crippen molar-refractivity contribution in [2.45, 2.75) is 52.2 Å². The van der Waals surface area contributed by atoms with Crippen molar-refractivity contribution in [2.24, 2.45) is 0 Å². The van der Waals surface area contributed by atoms with Gasteiger partial charge in [-0.1, -0.05) is 6.07 Å². The predicted molar refractivity (Wildman–Crippen MR) is 73.3 cm³/mol. The quantitative estimate of drug-likeness (QED) is 0.804. The van der Waals surface area contributed by atoms with E-state index in [4.69, 9.17) is 9.31 Å². The molecule has 1 aromatic rings. The topological polar surface area (TPSA) is 27.7 Å². The van der Waals surface area contributed by atoms with Gasteiger partial charge in [-0.25, -0.2) is 8.78 Å². The summed E-state index contributed by atoms with van der Waals surface area (Å²) in [6.07, 6.45) is -1.73. The molecule has 0 amide bonds. The van der Waals surface area contributed by atoms with E-state index in [0.717, 1.165) is 13.0 Å². The van der Waals surface area contributed by atoms with Gasteiger partial charge in [0.05, 0.1) is 11.2 Å². The second-order valence-corrected chi connectivity index (χ2v) is 6.03. The summed E-state index contributed by atoms with van der Waals surface area (Å²) in [5.74, 6) is -2.90. The fourth-order valence-corrected chi connectivity index (χ4v) is 1.96. The average molecular weight is 302 g/mol. The lowest BCUT2D eigenvalue weighted by atomic mass is 9.78. The molecule has 0 aromatic heterocycles. The normalized spacial score (nSPS) is 21.4. The molecular formula is C14H18BF3O3. The summed E-state index contributed by atoms with van der Waals surface area (Å²) < 4.78 is 56.6. The smallest absolute Gasteiger partial charge is 0.458 e. The van der Waals surface area contributed by atoms with Gasteiger partial charge in [-0.15, -0.1) is 0 Å². The van der Waals surface area contributed by atoms with Crippen LogP contribution in [0.25, 0.3) is 0 Å². The van der Waals surface area contributed by atoms with E-state index in [-0.39, 0.29) is 5.46 Å². The molecule has 0 N–H and O–H groups in total. The van der Waals surface area contributed by atoms with Crippen LogP contribution in [-0.2, 0) is 9.31 Å². The van der Waals surface area contributed by atoms with Crippen LogP contribution in [0.2, 0.25) is 0 Å². The van der Waals surface area contributed by atoms with Crippen LogP contribution in [0.5, 0.6) is 5.75 Å². The third-order valence-electron chi connectivity index (χ3n) is 3.87. The number of hydrogen-bond acceptors (Lipinski definition) is 3. The second kappa shape index (κ2) is 5.21. The molecule has 1 saturated heterocycles. The van der Waals surface area contributed by atoms with Crippen molar-refractivity contribution in [1.29, 1.82) is 0 Å². The second-order valence-electron chi connectivity index (χ2n) is 6.03. The molecule has 116 valence electrons. The molecule has 1 aromatic carbocycles. The lowest BCUT2D eigenvalue weighted by Crippen LogP contribution is -2.41. The van der Waals surface area contributed by atoms with Crippen LogP contribution in [0.4, 0.5) is 13.2 Å². The Hall–Kier alpha value is -1.21. The molecule has 3 nitrogen and oxygen atoms in total. The van der Waals surface area contributed by atoms with Gasteiger partial charge in [0, 0.05) is 12.4 Å². The van der Waals surface area contributed by atoms with Crippen LogP contribution in [-0.4, -0.2) is 24.7 Å². The molecular weight excluding hydrogens is 284 g/mol. The van der Waals surface area contributed by atoms with Crippen LogP contribution in [0, 0.1) is 11.6 Å². The van der Waals surface area contributed by atoms with Crippen molar-refractivity contribution < 1.29 is 27.2 Å². The summed E-state index contributed by atoms with van der Waals surface area (Å²) in [6.45, 7) is 8.32. The van der Waals surface area contributed by atoms with E-state index in [9.17, 15) is 13.2 Å².